The summed E-state index contributed by atoms with van der Waals surface area (Å²) in [5.41, 5.74) is -2.01. The average Bonchev–Trinajstić information content (AvgIpc) is 3.49. The van der Waals surface area contributed by atoms with Crippen LogP contribution in [0.4, 0.5) is 0 Å². The van der Waals surface area contributed by atoms with Crippen LogP contribution in [0.25, 0.3) is 17.2 Å². The van der Waals surface area contributed by atoms with Gasteiger partial charge in [-0.2, -0.15) is 8.62 Å². The van der Waals surface area contributed by atoms with Crippen molar-refractivity contribution in [1.29, 1.82) is 0 Å². The van der Waals surface area contributed by atoms with E-state index in [1.54, 1.807) is 4.57 Å². The van der Waals surface area contributed by atoms with Gasteiger partial charge < -0.3 is 44.3 Å². The smallest absolute Gasteiger partial charge is 0.390 e. The van der Waals surface area contributed by atoms with Crippen LogP contribution in [0.15, 0.2) is 39.3 Å². The maximum Gasteiger partial charge on any atom is 0.490 e. The fraction of sp³-hybridized carbons (Fsp3) is 0.368. The monoisotopic (exact) mass is 699 g/mol. The minimum absolute atomic E-state index is 0.0919. The zero-order chi connectivity index (χ0) is 33.2. The number of aromatic nitrogens is 6. The minimum atomic E-state index is -5.77. The molecule has 8 N–H and O–H groups in total. The van der Waals surface area contributed by atoms with Crippen molar-refractivity contribution in [3.63, 3.8) is 0 Å². The number of aromatic amines is 2. The predicted octanol–water partition coefficient (Wildman–Crippen LogP) is -2.21. The first kappa shape index (κ1) is 34.4. The second-order valence-electron chi connectivity index (χ2n) is 9.04. The summed E-state index contributed by atoms with van der Waals surface area (Å²) in [6, 6.07) is 0. The number of imidazole rings is 1. The number of hydrogen-bond acceptors (Lipinski definition) is 14. The van der Waals surface area contributed by atoms with Crippen molar-refractivity contribution in [1.82, 2.24) is 34.4 Å². The van der Waals surface area contributed by atoms with Crippen LogP contribution in [0.1, 0.15) is 18.2 Å². The molecule has 0 saturated carbocycles. The number of nitrogens with zero attached hydrogens (tertiary/aromatic N) is 4. The summed E-state index contributed by atoms with van der Waals surface area (Å²) in [4.78, 5) is 97.1. The predicted molar refractivity (Wildman–Crippen MR) is 146 cm³/mol. The highest BCUT2D eigenvalue weighted by Gasteiger charge is 2.43. The molecular weight excluding hydrogens is 675 g/mol. The number of H-pyrrole nitrogens is 2. The molecule has 0 spiro atoms. The van der Waals surface area contributed by atoms with E-state index in [4.69, 9.17) is 14.5 Å². The number of nitrogens with one attached hydrogen (secondary N) is 3. The zero-order valence-corrected chi connectivity index (χ0v) is 25.0. The van der Waals surface area contributed by atoms with Crippen LogP contribution in [0.3, 0.4) is 0 Å². The Kier molecular flexibility index (Phi) is 10.3. The summed E-state index contributed by atoms with van der Waals surface area (Å²) in [5.74, 6) is -0.624. The van der Waals surface area contributed by atoms with Crippen molar-refractivity contribution < 1.29 is 61.1 Å². The fourth-order valence-corrected chi connectivity index (χ4v) is 6.95. The van der Waals surface area contributed by atoms with Crippen molar-refractivity contribution >= 4 is 46.6 Å². The molecule has 4 rings (SSSR count). The largest absolute Gasteiger partial charge is 0.490 e. The lowest BCUT2D eigenvalue weighted by atomic mass is 10.2. The molecule has 246 valence electrons. The van der Waals surface area contributed by atoms with Crippen LogP contribution in [0.2, 0.25) is 0 Å². The first-order chi connectivity index (χ1) is 20.9. The molecule has 0 bridgehead atoms. The Labute approximate surface area is 248 Å². The normalized spacial score (nSPS) is 21.6. The van der Waals surface area contributed by atoms with E-state index in [1.165, 1.54) is 12.7 Å². The number of rotatable bonds is 13. The summed E-state index contributed by atoms with van der Waals surface area (Å²) in [6.45, 7) is -0.676. The zero-order valence-electron chi connectivity index (χ0n) is 22.3. The number of fused-ring (bicyclic) bond motifs is 1. The van der Waals surface area contributed by atoms with E-state index < -0.39 is 71.2 Å². The van der Waals surface area contributed by atoms with Gasteiger partial charge >= 0.3 is 29.2 Å². The molecule has 5 atom stereocenters. The van der Waals surface area contributed by atoms with Gasteiger partial charge in [0.1, 0.15) is 12.3 Å². The standard InChI is InChI=1S/C19H24N7O16P3/c27-11-5-14(40-12(11)7-39-44(35,36)42-45(37,38)41-43(32,33)34)26-6-10(17(29)24-19(26)31)1-2-13(28)20-3-4-25-9-23-15-16(25)21-8-22-18(15)30/h1-2,6,8-9,11-12,14,27H,3-5,7H2,(H,20,28)(H,35,36)(H,37,38)(H,21,22,30)(H,24,29,31)(H2,32,33,34)/b2-1+/t11?,12-,14-/m1/s1. The van der Waals surface area contributed by atoms with Gasteiger partial charge in [-0.15, -0.1) is 0 Å². The number of phosphoric ester groups is 1. The van der Waals surface area contributed by atoms with Crippen LogP contribution in [-0.2, 0) is 42.9 Å². The Hall–Kier alpha value is -3.43. The van der Waals surface area contributed by atoms with Crippen LogP contribution in [-0.4, -0.2) is 85.0 Å². The lowest BCUT2D eigenvalue weighted by Crippen LogP contribution is -2.33. The lowest BCUT2D eigenvalue weighted by molar-refractivity contribution is -0.116. The maximum atomic E-state index is 12.4. The highest BCUT2D eigenvalue weighted by Crippen LogP contribution is 2.66. The van der Waals surface area contributed by atoms with Crippen LogP contribution in [0.5, 0.6) is 0 Å². The quantitative estimate of drug-likeness (QED) is 0.0692. The van der Waals surface area contributed by atoms with Gasteiger partial charge in [-0.25, -0.2) is 28.5 Å². The molecule has 1 saturated heterocycles. The fourth-order valence-electron chi connectivity index (χ4n) is 3.92. The van der Waals surface area contributed by atoms with Crippen molar-refractivity contribution in [2.75, 3.05) is 13.2 Å². The molecule has 3 unspecified atom stereocenters. The van der Waals surface area contributed by atoms with Gasteiger partial charge in [0, 0.05) is 31.8 Å². The van der Waals surface area contributed by atoms with Crippen LogP contribution >= 0.6 is 23.5 Å². The number of ether oxygens (including phenoxy) is 1. The summed E-state index contributed by atoms with van der Waals surface area (Å²) in [6.07, 6.45) is 1.23. The molecule has 26 heteroatoms. The Balaban J connectivity index is 1.35. The molecule has 23 nitrogen and oxygen atoms in total. The summed E-state index contributed by atoms with van der Waals surface area (Å²) >= 11 is 0. The molecule has 3 aromatic rings. The molecule has 1 fully saturated rings. The van der Waals surface area contributed by atoms with Gasteiger partial charge in [-0.3, -0.25) is 28.5 Å². The van der Waals surface area contributed by atoms with Crippen LogP contribution in [0, 0.1) is 0 Å². The van der Waals surface area contributed by atoms with E-state index in [9.17, 15) is 47.8 Å². The number of carbonyl (C=O) groups is 1. The van der Waals surface area contributed by atoms with Crippen molar-refractivity contribution in [3.8, 4) is 0 Å². The minimum Gasteiger partial charge on any atom is -0.390 e. The van der Waals surface area contributed by atoms with E-state index in [-0.39, 0.29) is 30.6 Å². The highest BCUT2D eigenvalue weighted by molar-refractivity contribution is 7.66. The molecule has 4 heterocycles. The average molecular weight is 699 g/mol. The molecule has 45 heavy (non-hydrogen) atoms. The first-order valence-electron chi connectivity index (χ1n) is 12.2. The van der Waals surface area contributed by atoms with Gasteiger partial charge in [-0.1, -0.05) is 0 Å². The summed E-state index contributed by atoms with van der Waals surface area (Å²) in [7, 11) is -16.9. The number of aliphatic hydroxyl groups excluding tert-OH is 1. The first-order valence-corrected chi connectivity index (χ1v) is 16.8. The van der Waals surface area contributed by atoms with Gasteiger partial charge in [0.25, 0.3) is 11.1 Å². The molecule has 0 radical (unpaired) electrons. The number of amides is 1. The van der Waals surface area contributed by atoms with E-state index in [1.807, 2.05) is 4.98 Å². The van der Waals surface area contributed by atoms with E-state index in [0.29, 0.717) is 5.65 Å². The Morgan fingerprint density at radius 2 is 1.84 bits per heavy atom. The topological polar surface area (TPSA) is 337 Å². The molecule has 1 aliphatic rings. The number of aliphatic hydroxyl groups is 1. The van der Waals surface area contributed by atoms with E-state index in [2.05, 4.69) is 33.4 Å². The maximum absolute atomic E-state index is 12.4. The Morgan fingerprint density at radius 1 is 1.11 bits per heavy atom. The van der Waals surface area contributed by atoms with Crippen molar-refractivity contribution in [3.05, 3.63) is 61.7 Å². The van der Waals surface area contributed by atoms with Crippen molar-refractivity contribution in [2.24, 2.45) is 0 Å². The van der Waals surface area contributed by atoms with Gasteiger partial charge in [-0.05, 0) is 6.08 Å². The Morgan fingerprint density at radius 3 is 2.56 bits per heavy atom. The molecular formula is C19H24N7O16P3. The third kappa shape index (κ3) is 9.30. The third-order valence-electron chi connectivity index (χ3n) is 5.80. The number of carbonyl (C=O) groups excluding carboxylic acids is 1. The molecule has 3 aromatic heterocycles. The molecule has 0 aliphatic carbocycles. The second-order valence-corrected chi connectivity index (χ2v) is 13.5. The Bertz CT molecular complexity index is 1930. The summed E-state index contributed by atoms with van der Waals surface area (Å²) < 4.78 is 53.6. The number of phosphoric acid groups is 3. The summed E-state index contributed by atoms with van der Waals surface area (Å²) in [5, 5.41) is 12.8. The SMILES string of the molecule is O=C(/C=C/c1cn([C@H]2CC(O)[C@@H](COP(=O)(O)OP(=O)(O)OP(=O)(O)O)O2)c(=O)[nH]c1=O)NCCn1cnc2c(=O)[nH]cnc21. The lowest BCUT2D eigenvalue weighted by Gasteiger charge is -2.19. The molecule has 0 aromatic carbocycles. The molecule has 1 aliphatic heterocycles. The van der Waals surface area contributed by atoms with Crippen LogP contribution < -0.4 is 22.1 Å². The molecule has 1 amide bonds. The number of hydrogen-bond donors (Lipinski definition) is 8. The second kappa shape index (κ2) is 13.5. The van der Waals surface area contributed by atoms with Gasteiger partial charge in [0.2, 0.25) is 5.91 Å². The van der Waals surface area contributed by atoms with Crippen molar-refractivity contribution in [2.45, 2.75) is 31.4 Å². The highest BCUT2D eigenvalue weighted by atomic mass is 31.3. The van der Waals surface area contributed by atoms with Gasteiger partial charge in [0.15, 0.2) is 11.2 Å². The van der Waals surface area contributed by atoms with E-state index >= 15 is 0 Å². The van der Waals surface area contributed by atoms with E-state index in [0.717, 1.165) is 22.9 Å². The third-order valence-corrected chi connectivity index (χ3v) is 9.60. The van der Waals surface area contributed by atoms with Gasteiger partial charge in [0.05, 0.1) is 30.9 Å².